The molecular weight excluding hydrogens is 604 g/mol. The van der Waals surface area contributed by atoms with Crippen LogP contribution in [0.1, 0.15) is 37.9 Å². The van der Waals surface area contributed by atoms with Crippen LogP contribution in [0.5, 0.6) is 0 Å². The molecule has 0 aromatic heterocycles. The summed E-state index contributed by atoms with van der Waals surface area (Å²) in [5.41, 5.74) is -0.678. The Balaban J connectivity index is 1.36. The van der Waals surface area contributed by atoms with E-state index in [4.69, 9.17) is 14.2 Å². The molecule has 5 heterocycles. The Hall–Kier alpha value is -3.58. The smallest absolute Gasteiger partial charge is 0.313 e. The van der Waals surface area contributed by atoms with E-state index in [9.17, 15) is 24.3 Å². The molecule has 5 aliphatic heterocycles. The number of amides is 3. The number of allylic oxidation sites excluding steroid dienone is 1. The number of hydrogen-bond acceptors (Lipinski definition) is 9. The van der Waals surface area contributed by atoms with Crippen molar-refractivity contribution >= 4 is 23.7 Å². The van der Waals surface area contributed by atoms with E-state index in [1.807, 2.05) is 55.5 Å². The third kappa shape index (κ3) is 6.36. The number of likely N-dealkylation sites (N-methyl/N-ethyl adjacent to an activating group) is 1. The summed E-state index contributed by atoms with van der Waals surface area (Å²) in [4.78, 5) is 63.6. The molecule has 12 nitrogen and oxygen atoms in total. The molecule has 0 unspecified atom stereocenters. The average molecular weight is 651 g/mol. The highest BCUT2D eigenvalue weighted by atomic mass is 16.6. The predicted molar refractivity (Wildman–Crippen MR) is 171 cm³/mol. The first-order chi connectivity index (χ1) is 22.8. The monoisotopic (exact) mass is 650 g/mol. The zero-order valence-corrected chi connectivity index (χ0v) is 27.2. The Morgan fingerprint density at radius 3 is 2.49 bits per heavy atom. The summed E-state index contributed by atoms with van der Waals surface area (Å²) in [6.45, 7) is 6.21. The minimum absolute atomic E-state index is 0.0803. The van der Waals surface area contributed by atoms with Crippen LogP contribution < -0.4 is 0 Å². The molecule has 47 heavy (non-hydrogen) atoms. The largest absolute Gasteiger partial charge is 0.455 e. The van der Waals surface area contributed by atoms with E-state index in [2.05, 4.69) is 4.90 Å². The standard InChI is InChI=1S/C35H46N4O8/c1-24-30(25-10-4-3-5-11-25)46-34(44)28-26(12-6-7-13-27(41)36(24)2)47-35-14-8-15-38(18-17-37-19-22-45-23-20-37)33(43)31(35)39(16-9-21-40)32(42)29(28)35/h3-6,8,10-12,14,24,26,28-31,40H,7,9,13,15-23H2,1-2H3/b12-6-/t24-,26-,28+,29+,30+,31-,35+/m1/s1. The van der Waals surface area contributed by atoms with Gasteiger partial charge in [-0.15, -0.1) is 0 Å². The van der Waals surface area contributed by atoms with Gasteiger partial charge in [0.05, 0.1) is 31.3 Å². The lowest BCUT2D eigenvalue weighted by atomic mass is 9.77. The SMILES string of the molecule is C[C@@H]1[C@@H](c2ccccc2)OC(=O)[C@@H]2[C@H]3C(=O)N(CCCO)[C@@H]4C(=O)N(CCN5CCOCC5)CC=C[C@]34O[C@@H]2/C=C\CCC(=O)N1C. The van der Waals surface area contributed by atoms with Crippen LogP contribution in [-0.4, -0.2) is 138 Å². The third-order valence-corrected chi connectivity index (χ3v) is 10.4. The van der Waals surface area contributed by atoms with Gasteiger partial charge >= 0.3 is 5.97 Å². The van der Waals surface area contributed by atoms with E-state index in [-0.39, 0.29) is 43.7 Å². The first-order valence-corrected chi connectivity index (χ1v) is 16.8. The van der Waals surface area contributed by atoms with Crippen LogP contribution in [0.4, 0.5) is 0 Å². The normalized spacial score (nSPS) is 34.2. The number of benzene rings is 1. The number of hydrogen-bond donors (Lipinski definition) is 1. The van der Waals surface area contributed by atoms with Crippen molar-refractivity contribution in [2.75, 3.05) is 66.1 Å². The van der Waals surface area contributed by atoms with Gasteiger partial charge in [-0.3, -0.25) is 24.1 Å². The molecule has 5 aliphatic rings. The molecule has 3 saturated heterocycles. The first kappa shape index (κ1) is 33.3. The van der Waals surface area contributed by atoms with Crippen LogP contribution in [0.25, 0.3) is 0 Å². The second-order valence-electron chi connectivity index (χ2n) is 13.1. The highest BCUT2D eigenvalue weighted by Gasteiger charge is 2.71. The number of aliphatic hydroxyl groups is 1. The Morgan fingerprint density at radius 2 is 1.74 bits per heavy atom. The van der Waals surface area contributed by atoms with Gasteiger partial charge in [0.15, 0.2) is 0 Å². The van der Waals surface area contributed by atoms with Crippen LogP contribution in [0, 0.1) is 11.8 Å². The van der Waals surface area contributed by atoms with Gasteiger partial charge in [-0.05, 0) is 25.3 Å². The fraction of sp³-hybridized carbons (Fsp3) is 0.600. The third-order valence-electron chi connectivity index (χ3n) is 10.4. The lowest BCUT2D eigenvalue weighted by Crippen LogP contribution is -2.56. The number of carbonyl (C=O) groups is 4. The molecule has 254 valence electrons. The number of aliphatic hydroxyl groups excluding tert-OH is 1. The first-order valence-electron chi connectivity index (χ1n) is 16.8. The van der Waals surface area contributed by atoms with Gasteiger partial charge in [0.1, 0.15) is 23.7 Å². The van der Waals surface area contributed by atoms with Gasteiger partial charge in [0, 0.05) is 59.3 Å². The van der Waals surface area contributed by atoms with Crippen molar-refractivity contribution in [2.24, 2.45) is 11.8 Å². The van der Waals surface area contributed by atoms with Crippen molar-refractivity contribution in [3.63, 3.8) is 0 Å². The van der Waals surface area contributed by atoms with E-state index < -0.39 is 47.7 Å². The highest BCUT2D eigenvalue weighted by Crippen LogP contribution is 2.53. The number of nitrogens with zero attached hydrogens (tertiary/aromatic N) is 4. The molecule has 3 fully saturated rings. The summed E-state index contributed by atoms with van der Waals surface area (Å²) in [5.74, 6) is -3.34. The zero-order chi connectivity index (χ0) is 33.1. The quantitative estimate of drug-likeness (QED) is 0.342. The molecule has 0 saturated carbocycles. The second kappa shape index (κ2) is 14.3. The molecule has 1 aromatic carbocycles. The Kier molecular flexibility index (Phi) is 10.1. The van der Waals surface area contributed by atoms with Crippen molar-refractivity contribution in [1.29, 1.82) is 0 Å². The summed E-state index contributed by atoms with van der Waals surface area (Å²) in [5, 5.41) is 9.71. The molecule has 12 heteroatoms. The van der Waals surface area contributed by atoms with Crippen LogP contribution in [0.2, 0.25) is 0 Å². The number of morpholine rings is 1. The lowest BCUT2D eigenvalue weighted by Gasteiger charge is -2.36. The summed E-state index contributed by atoms with van der Waals surface area (Å²) >= 11 is 0. The number of rotatable bonds is 7. The van der Waals surface area contributed by atoms with Crippen LogP contribution >= 0.6 is 0 Å². The Morgan fingerprint density at radius 1 is 0.979 bits per heavy atom. The van der Waals surface area contributed by atoms with Gasteiger partial charge in [0.2, 0.25) is 17.7 Å². The van der Waals surface area contributed by atoms with Crippen molar-refractivity contribution in [3.05, 3.63) is 60.2 Å². The maximum atomic E-state index is 14.5. The van der Waals surface area contributed by atoms with Gasteiger partial charge < -0.3 is 34.0 Å². The van der Waals surface area contributed by atoms with Crippen molar-refractivity contribution in [1.82, 2.24) is 19.6 Å². The maximum Gasteiger partial charge on any atom is 0.313 e. The second-order valence-corrected chi connectivity index (χ2v) is 13.1. The molecule has 7 atom stereocenters. The van der Waals surface area contributed by atoms with Crippen LogP contribution in [0.15, 0.2) is 54.6 Å². The van der Waals surface area contributed by atoms with E-state index in [0.29, 0.717) is 39.3 Å². The predicted octanol–water partition coefficient (Wildman–Crippen LogP) is 1.16. The number of fused-ring (bicyclic) bond motifs is 2. The molecule has 1 aromatic rings. The number of cyclic esters (lactones) is 1. The van der Waals surface area contributed by atoms with Gasteiger partial charge in [-0.25, -0.2) is 0 Å². The minimum Gasteiger partial charge on any atom is -0.455 e. The van der Waals surface area contributed by atoms with Crippen molar-refractivity contribution < 1.29 is 38.5 Å². The molecule has 1 N–H and O–H groups in total. The van der Waals surface area contributed by atoms with Crippen molar-refractivity contribution in [2.45, 2.75) is 56.1 Å². The van der Waals surface area contributed by atoms with Gasteiger partial charge in [-0.1, -0.05) is 54.6 Å². The zero-order valence-electron chi connectivity index (χ0n) is 27.2. The Bertz CT molecular complexity index is 1380. The number of carbonyl (C=O) groups excluding carboxylic acids is 4. The summed E-state index contributed by atoms with van der Waals surface area (Å²) < 4.78 is 18.5. The molecule has 0 aliphatic carbocycles. The van der Waals surface area contributed by atoms with E-state index >= 15 is 0 Å². The molecule has 3 amide bonds. The molecular formula is C35H46N4O8. The summed E-state index contributed by atoms with van der Waals surface area (Å²) in [7, 11) is 1.71. The molecule has 0 radical (unpaired) electrons. The topological polar surface area (TPSA) is 129 Å². The highest BCUT2D eigenvalue weighted by molar-refractivity contribution is 5.99. The van der Waals surface area contributed by atoms with Crippen LogP contribution in [0.3, 0.4) is 0 Å². The average Bonchev–Trinajstić information content (AvgIpc) is 3.47. The molecule has 6 rings (SSSR count). The van der Waals surface area contributed by atoms with Gasteiger partial charge in [0.25, 0.3) is 0 Å². The minimum atomic E-state index is -1.41. The van der Waals surface area contributed by atoms with Crippen LogP contribution in [-0.2, 0) is 33.4 Å². The lowest BCUT2D eigenvalue weighted by molar-refractivity contribution is -0.164. The summed E-state index contributed by atoms with van der Waals surface area (Å²) in [6.07, 6.45) is 6.56. The fourth-order valence-corrected chi connectivity index (χ4v) is 7.70. The number of ether oxygens (including phenoxy) is 3. The molecule has 1 spiro atoms. The number of esters is 1. The van der Waals surface area contributed by atoms with E-state index in [0.717, 1.165) is 18.7 Å². The fourth-order valence-electron chi connectivity index (χ4n) is 7.70. The number of likely N-dealkylation sites (tertiary alicyclic amines) is 1. The van der Waals surface area contributed by atoms with Gasteiger partial charge in [-0.2, -0.15) is 0 Å². The molecule has 0 bridgehead atoms. The van der Waals surface area contributed by atoms with E-state index in [1.54, 1.807) is 22.9 Å². The Labute approximate surface area is 275 Å². The van der Waals surface area contributed by atoms with E-state index in [1.165, 1.54) is 4.90 Å². The maximum absolute atomic E-state index is 14.5. The summed E-state index contributed by atoms with van der Waals surface area (Å²) in [6, 6.07) is 7.79. The van der Waals surface area contributed by atoms with Crippen molar-refractivity contribution in [3.8, 4) is 0 Å².